The third kappa shape index (κ3) is 3.45. The first kappa shape index (κ1) is 9.36. The highest BCUT2D eigenvalue weighted by atomic mass is 32.2. The van der Waals surface area contributed by atoms with E-state index < -0.39 is 0 Å². The van der Waals surface area contributed by atoms with Gasteiger partial charge in [0, 0.05) is 31.4 Å². The largest absolute Gasteiger partial charge is 0.325 e. The van der Waals surface area contributed by atoms with Crippen LogP contribution in [-0.2, 0) is 0 Å². The summed E-state index contributed by atoms with van der Waals surface area (Å²) in [5.74, 6) is 1.25. The summed E-state index contributed by atoms with van der Waals surface area (Å²) in [6.45, 7) is 7.92. The Morgan fingerprint density at radius 3 is 2.64 bits per heavy atom. The van der Waals surface area contributed by atoms with Crippen molar-refractivity contribution in [2.24, 2.45) is 5.73 Å². The topological polar surface area (TPSA) is 29.3 Å². The number of rotatable bonds is 4. The Labute approximate surface area is 73.5 Å². The molecule has 0 aromatic heterocycles. The lowest BCUT2D eigenvalue weighted by molar-refractivity contribution is 0.161. The lowest BCUT2D eigenvalue weighted by Crippen LogP contribution is -2.56. The minimum absolute atomic E-state index is 0.457. The molecule has 0 saturated carbocycles. The van der Waals surface area contributed by atoms with E-state index in [1.807, 2.05) is 11.8 Å². The van der Waals surface area contributed by atoms with Gasteiger partial charge in [-0.3, -0.25) is 4.90 Å². The van der Waals surface area contributed by atoms with Crippen molar-refractivity contribution in [3.8, 4) is 0 Å². The van der Waals surface area contributed by atoms with Crippen LogP contribution in [0, 0.1) is 0 Å². The van der Waals surface area contributed by atoms with E-state index in [4.69, 9.17) is 5.73 Å². The maximum absolute atomic E-state index is 5.65. The second-order valence-electron chi connectivity index (χ2n) is 3.44. The van der Waals surface area contributed by atoms with Gasteiger partial charge >= 0.3 is 0 Å². The van der Waals surface area contributed by atoms with Crippen LogP contribution in [0.2, 0.25) is 0 Å². The molecular formula is C8H18N2S. The number of nitrogens with zero attached hydrogens (tertiary/aromatic N) is 1. The molecule has 1 aliphatic heterocycles. The van der Waals surface area contributed by atoms with Crippen LogP contribution >= 0.6 is 11.8 Å². The summed E-state index contributed by atoms with van der Waals surface area (Å²) in [4.78, 5) is 2.42. The Morgan fingerprint density at radius 1 is 1.55 bits per heavy atom. The van der Waals surface area contributed by atoms with Gasteiger partial charge in [0.1, 0.15) is 0 Å². The van der Waals surface area contributed by atoms with Crippen LogP contribution in [0.1, 0.15) is 13.8 Å². The SMILES string of the molecule is CC(C)SCCN1CC(N)C1. The van der Waals surface area contributed by atoms with Crippen molar-refractivity contribution < 1.29 is 0 Å². The summed E-state index contributed by atoms with van der Waals surface area (Å²) >= 11 is 2.03. The molecule has 0 unspecified atom stereocenters. The van der Waals surface area contributed by atoms with Crippen molar-refractivity contribution in [2.75, 3.05) is 25.4 Å². The normalized spacial score (nSPS) is 20.7. The fourth-order valence-corrected chi connectivity index (χ4v) is 2.04. The predicted molar refractivity (Wildman–Crippen MR) is 52.0 cm³/mol. The van der Waals surface area contributed by atoms with Crippen molar-refractivity contribution >= 4 is 11.8 Å². The molecule has 0 aromatic carbocycles. The zero-order valence-corrected chi connectivity index (χ0v) is 8.23. The average molecular weight is 174 g/mol. The van der Waals surface area contributed by atoms with Gasteiger partial charge in [0.2, 0.25) is 0 Å². The maximum atomic E-state index is 5.65. The first-order valence-electron chi connectivity index (χ1n) is 4.28. The van der Waals surface area contributed by atoms with Gasteiger partial charge in [0.15, 0.2) is 0 Å². The third-order valence-electron chi connectivity index (χ3n) is 1.84. The molecule has 1 aliphatic rings. The van der Waals surface area contributed by atoms with Crippen molar-refractivity contribution in [2.45, 2.75) is 25.1 Å². The molecule has 1 heterocycles. The minimum Gasteiger partial charge on any atom is -0.325 e. The fourth-order valence-electron chi connectivity index (χ4n) is 1.21. The molecule has 2 N–H and O–H groups in total. The molecular weight excluding hydrogens is 156 g/mol. The molecule has 11 heavy (non-hydrogen) atoms. The van der Waals surface area contributed by atoms with Gasteiger partial charge in [-0.1, -0.05) is 13.8 Å². The summed E-state index contributed by atoms with van der Waals surface area (Å²) in [6.07, 6.45) is 0. The zero-order chi connectivity index (χ0) is 8.27. The predicted octanol–water partition coefficient (Wildman–Crippen LogP) is 0.771. The average Bonchev–Trinajstić information content (AvgIpc) is 1.83. The maximum Gasteiger partial charge on any atom is 0.0297 e. The second kappa shape index (κ2) is 4.33. The highest BCUT2D eigenvalue weighted by Crippen LogP contribution is 2.11. The highest BCUT2D eigenvalue weighted by molar-refractivity contribution is 7.99. The van der Waals surface area contributed by atoms with E-state index in [0.29, 0.717) is 6.04 Å². The Morgan fingerprint density at radius 2 is 2.18 bits per heavy atom. The number of hydrogen-bond acceptors (Lipinski definition) is 3. The van der Waals surface area contributed by atoms with E-state index in [9.17, 15) is 0 Å². The van der Waals surface area contributed by atoms with Crippen LogP contribution in [-0.4, -0.2) is 41.6 Å². The summed E-state index contributed by atoms with van der Waals surface area (Å²) < 4.78 is 0. The molecule has 66 valence electrons. The number of nitrogens with two attached hydrogens (primary N) is 1. The summed E-state index contributed by atoms with van der Waals surface area (Å²) in [6, 6.07) is 0.457. The van der Waals surface area contributed by atoms with E-state index in [2.05, 4.69) is 18.7 Å². The van der Waals surface area contributed by atoms with E-state index in [-0.39, 0.29) is 0 Å². The Balaban J connectivity index is 1.89. The van der Waals surface area contributed by atoms with Gasteiger partial charge in [-0.15, -0.1) is 0 Å². The second-order valence-corrected chi connectivity index (χ2v) is 5.12. The molecule has 0 bridgehead atoms. The standard InChI is InChI=1S/C8H18N2S/c1-7(2)11-4-3-10-5-8(9)6-10/h7-8H,3-6,9H2,1-2H3. The molecule has 1 fully saturated rings. The smallest absolute Gasteiger partial charge is 0.0297 e. The minimum atomic E-state index is 0.457. The van der Waals surface area contributed by atoms with E-state index in [0.717, 1.165) is 18.3 Å². The Kier molecular flexibility index (Phi) is 3.69. The quantitative estimate of drug-likeness (QED) is 0.682. The summed E-state index contributed by atoms with van der Waals surface area (Å²) in [5, 5.41) is 0.768. The lowest BCUT2D eigenvalue weighted by atomic mass is 10.1. The molecule has 0 amide bonds. The van der Waals surface area contributed by atoms with Gasteiger partial charge in [-0.2, -0.15) is 11.8 Å². The van der Waals surface area contributed by atoms with Gasteiger partial charge in [0.05, 0.1) is 0 Å². The molecule has 1 rings (SSSR count). The van der Waals surface area contributed by atoms with Crippen LogP contribution in [0.3, 0.4) is 0 Å². The molecule has 2 nitrogen and oxygen atoms in total. The first-order valence-corrected chi connectivity index (χ1v) is 5.33. The van der Waals surface area contributed by atoms with Gasteiger partial charge in [-0.25, -0.2) is 0 Å². The van der Waals surface area contributed by atoms with Crippen molar-refractivity contribution in [3.63, 3.8) is 0 Å². The number of thioether (sulfide) groups is 1. The molecule has 0 aliphatic carbocycles. The van der Waals surface area contributed by atoms with E-state index in [1.165, 1.54) is 12.3 Å². The van der Waals surface area contributed by atoms with Crippen molar-refractivity contribution in [1.82, 2.24) is 4.90 Å². The van der Waals surface area contributed by atoms with E-state index >= 15 is 0 Å². The number of likely N-dealkylation sites (tertiary alicyclic amines) is 1. The van der Waals surface area contributed by atoms with Gasteiger partial charge in [-0.05, 0) is 5.25 Å². The molecule has 0 radical (unpaired) electrons. The zero-order valence-electron chi connectivity index (χ0n) is 7.42. The monoisotopic (exact) mass is 174 g/mol. The van der Waals surface area contributed by atoms with Crippen LogP contribution in [0.5, 0.6) is 0 Å². The van der Waals surface area contributed by atoms with Crippen LogP contribution in [0.25, 0.3) is 0 Å². The molecule has 0 aromatic rings. The third-order valence-corrected chi connectivity index (χ3v) is 2.93. The van der Waals surface area contributed by atoms with Crippen LogP contribution in [0.15, 0.2) is 0 Å². The Hall–Kier alpha value is 0.270. The van der Waals surface area contributed by atoms with Gasteiger partial charge < -0.3 is 5.73 Å². The summed E-state index contributed by atoms with van der Waals surface area (Å²) in [7, 11) is 0. The summed E-state index contributed by atoms with van der Waals surface area (Å²) in [5.41, 5.74) is 5.65. The Bertz CT molecular complexity index is 111. The van der Waals surface area contributed by atoms with Crippen molar-refractivity contribution in [1.29, 1.82) is 0 Å². The molecule has 0 atom stereocenters. The first-order chi connectivity index (χ1) is 5.18. The number of hydrogen-bond donors (Lipinski definition) is 1. The highest BCUT2D eigenvalue weighted by Gasteiger charge is 2.21. The van der Waals surface area contributed by atoms with Crippen LogP contribution < -0.4 is 5.73 Å². The molecule has 3 heteroatoms. The van der Waals surface area contributed by atoms with E-state index in [1.54, 1.807) is 0 Å². The molecule has 1 saturated heterocycles. The molecule has 0 spiro atoms. The van der Waals surface area contributed by atoms with Crippen LogP contribution in [0.4, 0.5) is 0 Å². The van der Waals surface area contributed by atoms with Gasteiger partial charge in [0.25, 0.3) is 0 Å². The lowest BCUT2D eigenvalue weighted by Gasteiger charge is -2.36. The van der Waals surface area contributed by atoms with Crippen molar-refractivity contribution in [3.05, 3.63) is 0 Å². The fraction of sp³-hybridized carbons (Fsp3) is 1.00.